The van der Waals surface area contributed by atoms with E-state index in [-0.39, 0.29) is 6.23 Å². The van der Waals surface area contributed by atoms with Gasteiger partial charge in [-0.3, -0.25) is 0 Å². The van der Waals surface area contributed by atoms with Crippen LogP contribution in [0.3, 0.4) is 0 Å². The van der Waals surface area contributed by atoms with E-state index < -0.39 is 0 Å². The molecule has 0 amide bonds. The Morgan fingerprint density at radius 1 is 1.12 bits per heavy atom. The largest absolute Gasteiger partial charge is 0.448 e. The van der Waals surface area contributed by atoms with Crippen LogP contribution in [0.25, 0.3) is 11.3 Å². The van der Waals surface area contributed by atoms with E-state index >= 15 is 0 Å². The molecule has 1 atom stereocenters. The molecule has 4 rings (SSSR count). The van der Waals surface area contributed by atoms with Crippen LogP contribution in [-0.2, 0) is 0 Å². The predicted molar refractivity (Wildman–Crippen MR) is 108 cm³/mol. The number of ether oxygens (including phenoxy) is 1. The van der Waals surface area contributed by atoms with Crippen molar-refractivity contribution < 1.29 is 4.74 Å². The molecule has 0 bridgehead atoms. The molecule has 0 saturated carbocycles. The van der Waals surface area contributed by atoms with E-state index in [0.29, 0.717) is 16.7 Å². The van der Waals surface area contributed by atoms with Crippen LogP contribution in [0.15, 0.2) is 46.0 Å². The number of nitrogens with one attached hydrogen (secondary N) is 1. The SMILES string of the molecule is CSc1nnc2c(n1)OC(c1cc(C)ccc1C)Nc1ccc(Br)cc1-2. The Balaban J connectivity index is 1.91. The number of benzene rings is 2. The predicted octanol–water partition coefficient (Wildman–Crippen LogP) is 5.14. The minimum Gasteiger partial charge on any atom is -0.448 e. The monoisotopic (exact) mass is 428 g/mol. The minimum atomic E-state index is -0.359. The van der Waals surface area contributed by atoms with Gasteiger partial charge >= 0.3 is 0 Å². The van der Waals surface area contributed by atoms with Gasteiger partial charge in [0, 0.05) is 21.3 Å². The minimum absolute atomic E-state index is 0.359. The van der Waals surface area contributed by atoms with Crippen LogP contribution in [0.4, 0.5) is 5.69 Å². The standard InChI is InChI=1S/C19H17BrN4OS/c1-10-4-5-11(2)13(8-10)17-21-15-7-6-12(20)9-14(15)16-18(25-17)22-19(26-3)24-23-16/h4-9,17,21H,1-3H3. The molecule has 5 nitrogen and oxygen atoms in total. The van der Waals surface area contributed by atoms with Crippen molar-refractivity contribution in [2.24, 2.45) is 0 Å². The van der Waals surface area contributed by atoms with Crippen LogP contribution in [0.2, 0.25) is 0 Å². The van der Waals surface area contributed by atoms with Gasteiger partial charge in [-0.1, -0.05) is 51.5 Å². The Hall–Kier alpha value is -2.12. The van der Waals surface area contributed by atoms with Crippen molar-refractivity contribution in [1.29, 1.82) is 0 Å². The summed E-state index contributed by atoms with van der Waals surface area (Å²) in [7, 11) is 0. The third kappa shape index (κ3) is 3.17. The van der Waals surface area contributed by atoms with Crippen molar-refractivity contribution in [3.63, 3.8) is 0 Å². The van der Waals surface area contributed by atoms with Crippen LogP contribution in [0.1, 0.15) is 22.9 Å². The number of rotatable bonds is 2. The fraction of sp³-hybridized carbons (Fsp3) is 0.211. The number of anilines is 1. The third-order valence-corrected chi connectivity index (χ3v) is 5.32. The second-order valence-corrected chi connectivity index (χ2v) is 7.83. The molecule has 7 heteroatoms. The highest BCUT2D eigenvalue weighted by atomic mass is 79.9. The number of nitrogens with zero attached hydrogens (tertiary/aromatic N) is 3. The van der Waals surface area contributed by atoms with Gasteiger partial charge in [-0.05, 0) is 43.9 Å². The number of aryl methyl sites for hydroxylation is 2. The summed E-state index contributed by atoms with van der Waals surface area (Å²) in [5.74, 6) is 0.486. The van der Waals surface area contributed by atoms with Gasteiger partial charge in [0.2, 0.25) is 11.0 Å². The van der Waals surface area contributed by atoms with Gasteiger partial charge in [-0.25, -0.2) is 0 Å². The smallest absolute Gasteiger partial charge is 0.247 e. The molecular weight excluding hydrogens is 412 g/mol. The Bertz CT molecular complexity index is 995. The quantitative estimate of drug-likeness (QED) is 0.569. The van der Waals surface area contributed by atoms with E-state index in [1.165, 1.54) is 17.3 Å². The van der Waals surface area contributed by atoms with Crippen LogP contribution in [0, 0.1) is 13.8 Å². The van der Waals surface area contributed by atoms with E-state index in [9.17, 15) is 0 Å². The fourth-order valence-corrected chi connectivity index (χ4v) is 3.60. The molecule has 1 aliphatic rings. The van der Waals surface area contributed by atoms with Crippen LogP contribution in [0.5, 0.6) is 5.88 Å². The van der Waals surface area contributed by atoms with E-state index in [0.717, 1.165) is 26.9 Å². The summed E-state index contributed by atoms with van der Waals surface area (Å²) in [6, 6.07) is 12.4. The van der Waals surface area contributed by atoms with Gasteiger partial charge in [0.15, 0.2) is 11.9 Å². The average molecular weight is 429 g/mol. The van der Waals surface area contributed by atoms with Crippen molar-refractivity contribution in [3.8, 4) is 17.1 Å². The number of hydrogen-bond acceptors (Lipinski definition) is 6. The molecule has 132 valence electrons. The zero-order valence-electron chi connectivity index (χ0n) is 14.6. The number of fused-ring (bicyclic) bond motifs is 3. The van der Waals surface area contributed by atoms with E-state index in [2.05, 4.69) is 68.5 Å². The molecule has 0 spiro atoms. The highest BCUT2D eigenvalue weighted by Gasteiger charge is 2.27. The van der Waals surface area contributed by atoms with Gasteiger partial charge < -0.3 is 10.1 Å². The first-order valence-corrected chi connectivity index (χ1v) is 10.2. The van der Waals surface area contributed by atoms with Crippen molar-refractivity contribution >= 4 is 33.4 Å². The summed E-state index contributed by atoms with van der Waals surface area (Å²) in [6.45, 7) is 4.16. The molecule has 1 unspecified atom stereocenters. The summed E-state index contributed by atoms with van der Waals surface area (Å²) < 4.78 is 7.25. The number of hydrogen-bond donors (Lipinski definition) is 1. The lowest BCUT2D eigenvalue weighted by atomic mass is 10.0. The van der Waals surface area contributed by atoms with E-state index in [1.807, 2.05) is 24.5 Å². The van der Waals surface area contributed by atoms with Crippen molar-refractivity contribution in [2.75, 3.05) is 11.6 Å². The second-order valence-electron chi connectivity index (χ2n) is 6.14. The van der Waals surface area contributed by atoms with Crippen molar-refractivity contribution in [1.82, 2.24) is 15.2 Å². The van der Waals surface area contributed by atoms with Gasteiger partial charge in [-0.15, -0.1) is 10.2 Å². The summed E-state index contributed by atoms with van der Waals surface area (Å²) in [6.07, 6.45) is 1.56. The highest BCUT2D eigenvalue weighted by molar-refractivity contribution is 9.10. The first kappa shape index (κ1) is 17.3. The molecule has 0 saturated heterocycles. The van der Waals surface area contributed by atoms with Crippen LogP contribution in [-0.4, -0.2) is 21.4 Å². The number of thioether (sulfide) groups is 1. The van der Waals surface area contributed by atoms with E-state index in [4.69, 9.17) is 4.74 Å². The van der Waals surface area contributed by atoms with Gasteiger partial charge in [0.25, 0.3) is 0 Å². The molecule has 0 radical (unpaired) electrons. The van der Waals surface area contributed by atoms with Crippen LogP contribution >= 0.6 is 27.7 Å². The van der Waals surface area contributed by atoms with Gasteiger partial charge in [0.1, 0.15) is 0 Å². The normalized spacial score (nSPS) is 15.3. The number of halogens is 1. The molecule has 1 aromatic heterocycles. The van der Waals surface area contributed by atoms with Crippen LogP contribution < -0.4 is 10.1 Å². The molecule has 2 heterocycles. The summed E-state index contributed by atoms with van der Waals surface area (Å²) >= 11 is 4.98. The lowest BCUT2D eigenvalue weighted by molar-refractivity contribution is 0.224. The number of aromatic nitrogens is 3. The maximum Gasteiger partial charge on any atom is 0.247 e. The summed E-state index contributed by atoms with van der Waals surface area (Å²) in [5, 5.41) is 12.7. The second kappa shape index (κ2) is 6.89. The third-order valence-electron chi connectivity index (χ3n) is 4.29. The molecule has 0 aliphatic carbocycles. The van der Waals surface area contributed by atoms with Gasteiger partial charge in [0.05, 0.1) is 0 Å². The first-order valence-electron chi connectivity index (χ1n) is 8.14. The first-order chi connectivity index (χ1) is 12.5. The molecule has 26 heavy (non-hydrogen) atoms. The Morgan fingerprint density at radius 2 is 1.96 bits per heavy atom. The fourth-order valence-electron chi connectivity index (χ4n) is 2.94. The lowest BCUT2D eigenvalue weighted by Gasteiger charge is -2.21. The molecule has 0 fully saturated rings. The summed E-state index contributed by atoms with van der Waals surface area (Å²) in [5.41, 5.74) is 5.90. The Labute approximate surface area is 164 Å². The van der Waals surface area contributed by atoms with Crippen molar-refractivity contribution in [3.05, 3.63) is 57.6 Å². The molecule has 2 aromatic carbocycles. The summed E-state index contributed by atoms with van der Waals surface area (Å²) in [4.78, 5) is 4.56. The molecule has 1 N–H and O–H groups in total. The molecule has 3 aromatic rings. The highest BCUT2D eigenvalue weighted by Crippen LogP contribution is 2.41. The van der Waals surface area contributed by atoms with E-state index in [1.54, 1.807) is 0 Å². The van der Waals surface area contributed by atoms with Crippen molar-refractivity contribution in [2.45, 2.75) is 25.2 Å². The average Bonchev–Trinajstić information content (AvgIpc) is 2.79. The van der Waals surface area contributed by atoms with Gasteiger partial charge in [-0.2, -0.15) is 4.98 Å². The molecule has 1 aliphatic heterocycles. The zero-order chi connectivity index (χ0) is 18.3. The topological polar surface area (TPSA) is 59.9 Å². The molecular formula is C19H17BrN4OS. The zero-order valence-corrected chi connectivity index (χ0v) is 17.0. The lowest BCUT2D eigenvalue weighted by Crippen LogP contribution is -2.18. The Morgan fingerprint density at radius 3 is 2.77 bits per heavy atom. The maximum atomic E-state index is 6.29. The maximum absolute atomic E-state index is 6.29. The Kier molecular flexibility index (Phi) is 4.58.